The lowest BCUT2D eigenvalue weighted by Crippen LogP contribution is -2.23. The van der Waals surface area contributed by atoms with Crippen LogP contribution in [-0.4, -0.2) is 15.7 Å². The van der Waals surface area contributed by atoms with Crippen molar-refractivity contribution >= 4 is 0 Å². The fraction of sp³-hybridized carbons (Fsp3) is 0.615. The zero-order chi connectivity index (χ0) is 12.3. The molecule has 0 aliphatic heterocycles. The molecular formula is C13H21NO2. The summed E-state index contributed by atoms with van der Waals surface area (Å²) in [5, 5.41) is 9.18. The molecule has 0 aromatic carbocycles. The van der Waals surface area contributed by atoms with Gasteiger partial charge in [0.15, 0.2) is 0 Å². The minimum absolute atomic E-state index is 0.0166. The van der Waals surface area contributed by atoms with E-state index in [1.165, 1.54) is 0 Å². The first-order valence-corrected chi connectivity index (χ1v) is 5.62. The van der Waals surface area contributed by atoms with E-state index < -0.39 is 0 Å². The third-order valence-corrected chi connectivity index (χ3v) is 2.07. The second-order valence-electron chi connectivity index (χ2n) is 5.27. The number of aliphatic hydroxyl groups excluding tert-OH is 1. The summed E-state index contributed by atoms with van der Waals surface area (Å²) in [4.78, 5) is 4.43. The lowest BCUT2D eigenvalue weighted by atomic mass is 10.1. The summed E-state index contributed by atoms with van der Waals surface area (Å²) in [6.45, 7) is 10.1. The number of rotatable bonds is 3. The first kappa shape index (κ1) is 13.0. The minimum Gasteiger partial charge on any atom is -0.472 e. The van der Waals surface area contributed by atoms with Gasteiger partial charge in [0.25, 0.3) is 0 Å². The Hall–Kier alpha value is -1.09. The summed E-state index contributed by atoms with van der Waals surface area (Å²) in [5.41, 5.74) is 1.53. The summed E-state index contributed by atoms with van der Waals surface area (Å²) in [6, 6.07) is 3.71. The monoisotopic (exact) mass is 223 g/mol. The highest BCUT2D eigenvalue weighted by Crippen LogP contribution is 2.22. The molecule has 0 aliphatic rings. The van der Waals surface area contributed by atoms with E-state index >= 15 is 0 Å². The van der Waals surface area contributed by atoms with Crippen LogP contribution in [0.5, 0.6) is 5.88 Å². The van der Waals surface area contributed by atoms with Crippen molar-refractivity contribution < 1.29 is 9.84 Å². The average Bonchev–Trinajstić information content (AvgIpc) is 2.14. The van der Waals surface area contributed by atoms with Gasteiger partial charge < -0.3 is 9.84 Å². The molecule has 1 aromatic rings. The first-order chi connectivity index (χ1) is 7.31. The van der Waals surface area contributed by atoms with Crippen molar-refractivity contribution in [2.45, 2.75) is 52.7 Å². The Morgan fingerprint density at radius 1 is 1.31 bits per heavy atom. The van der Waals surface area contributed by atoms with E-state index in [1.54, 1.807) is 6.07 Å². The van der Waals surface area contributed by atoms with Gasteiger partial charge in [-0.3, -0.25) is 0 Å². The zero-order valence-corrected chi connectivity index (χ0v) is 10.7. The Morgan fingerprint density at radius 2 is 1.94 bits per heavy atom. The van der Waals surface area contributed by atoms with E-state index in [9.17, 15) is 5.11 Å². The van der Waals surface area contributed by atoms with Gasteiger partial charge in [0.05, 0.1) is 6.61 Å². The Balaban J connectivity index is 3.04. The van der Waals surface area contributed by atoms with Gasteiger partial charge in [-0.2, -0.15) is 0 Å². The fourth-order valence-corrected chi connectivity index (χ4v) is 1.34. The van der Waals surface area contributed by atoms with Crippen LogP contribution in [0, 0.1) is 0 Å². The molecular weight excluding hydrogens is 202 g/mol. The van der Waals surface area contributed by atoms with Crippen molar-refractivity contribution in [3.05, 3.63) is 23.4 Å². The van der Waals surface area contributed by atoms with Crippen molar-refractivity contribution in [3.63, 3.8) is 0 Å². The Kier molecular flexibility index (Phi) is 3.92. The molecule has 0 bridgehead atoms. The molecule has 1 aromatic heterocycles. The number of ether oxygens (including phenoxy) is 1. The molecule has 1 heterocycles. The van der Waals surface area contributed by atoms with Crippen LogP contribution in [0.3, 0.4) is 0 Å². The maximum atomic E-state index is 9.18. The van der Waals surface area contributed by atoms with Gasteiger partial charge in [-0.25, -0.2) is 4.98 Å². The number of nitrogens with zero attached hydrogens (tertiary/aromatic N) is 1. The molecule has 1 N–H and O–H groups in total. The molecule has 0 amide bonds. The molecule has 3 nitrogen and oxygen atoms in total. The van der Waals surface area contributed by atoms with E-state index in [2.05, 4.69) is 18.8 Å². The van der Waals surface area contributed by atoms with Gasteiger partial charge in [-0.1, -0.05) is 13.8 Å². The summed E-state index contributed by atoms with van der Waals surface area (Å²) >= 11 is 0. The van der Waals surface area contributed by atoms with E-state index in [1.807, 2.05) is 26.8 Å². The average molecular weight is 223 g/mol. The van der Waals surface area contributed by atoms with Crippen LogP contribution in [-0.2, 0) is 6.61 Å². The van der Waals surface area contributed by atoms with E-state index in [-0.39, 0.29) is 12.2 Å². The predicted octanol–water partition coefficient (Wildman–Crippen LogP) is 2.87. The number of pyridine rings is 1. The van der Waals surface area contributed by atoms with Gasteiger partial charge in [-0.15, -0.1) is 0 Å². The second kappa shape index (κ2) is 4.83. The van der Waals surface area contributed by atoms with Crippen molar-refractivity contribution in [2.24, 2.45) is 0 Å². The summed E-state index contributed by atoms with van der Waals surface area (Å²) in [7, 11) is 0. The number of hydrogen-bond acceptors (Lipinski definition) is 3. The topological polar surface area (TPSA) is 42.4 Å². The SMILES string of the molecule is CC(C)c1cc(CO)cc(OC(C)(C)C)n1. The molecule has 0 spiro atoms. The number of aliphatic hydroxyl groups is 1. The van der Waals surface area contributed by atoms with Crippen LogP contribution in [0.15, 0.2) is 12.1 Å². The van der Waals surface area contributed by atoms with E-state index in [0.717, 1.165) is 11.3 Å². The van der Waals surface area contributed by atoms with Gasteiger partial charge in [-0.05, 0) is 38.3 Å². The molecule has 3 heteroatoms. The molecule has 0 saturated carbocycles. The molecule has 0 aliphatic carbocycles. The van der Waals surface area contributed by atoms with Crippen LogP contribution in [0.1, 0.15) is 51.8 Å². The molecule has 90 valence electrons. The molecule has 0 radical (unpaired) electrons. The maximum Gasteiger partial charge on any atom is 0.214 e. The summed E-state index contributed by atoms with van der Waals surface area (Å²) in [5.74, 6) is 0.913. The van der Waals surface area contributed by atoms with Crippen molar-refractivity contribution in [1.29, 1.82) is 0 Å². The molecule has 1 rings (SSSR count). The van der Waals surface area contributed by atoms with Crippen molar-refractivity contribution in [1.82, 2.24) is 4.98 Å². The quantitative estimate of drug-likeness (QED) is 0.856. The van der Waals surface area contributed by atoms with Gasteiger partial charge >= 0.3 is 0 Å². The standard InChI is InChI=1S/C13H21NO2/c1-9(2)11-6-10(8-15)7-12(14-11)16-13(3,4)5/h6-7,9,15H,8H2,1-5H3. The highest BCUT2D eigenvalue weighted by molar-refractivity contribution is 5.26. The number of aromatic nitrogens is 1. The zero-order valence-electron chi connectivity index (χ0n) is 10.7. The summed E-state index contributed by atoms with van der Waals surface area (Å²) < 4.78 is 5.71. The van der Waals surface area contributed by atoms with E-state index in [0.29, 0.717) is 11.8 Å². The second-order valence-corrected chi connectivity index (χ2v) is 5.27. The lowest BCUT2D eigenvalue weighted by Gasteiger charge is -2.21. The van der Waals surface area contributed by atoms with Crippen molar-refractivity contribution in [3.8, 4) is 5.88 Å². The smallest absolute Gasteiger partial charge is 0.214 e. The Labute approximate surface area is 97.5 Å². The molecule has 16 heavy (non-hydrogen) atoms. The first-order valence-electron chi connectivity index (χ1n) is 5.62. The highest BCUT2D eigenvalue weighted by atomic mass is 16.5. The van der Waals surface area contributed by atoms with Gasteiger partial charge in [0.2, 0.25) is 5.88 Å². The summed E-state index contributed by atoms with van der Waals surface area (Å²) in [6.07, 6.45) is 0. The maximum absolute atomic E-state index is 9.18. The van der Waals surface area contributed by atoms with Crippen LogP contribution < -0.4 is 4.74 Å². The minimum atomic E-state index is -0.269. The normalized spacial score (nSPS) is 11.9. The van der Waals surface area contributed by atoms with Crippen LogP contribution in [0.25, 0.3) is 0 Å². The van der Waals surface area contributed by atoms with Gasteiger partial charge in [0, 0.05) is 11.8 Å². The fourth-order valence-electron chi connectivity index (χ4n) is 1.34. The molecule has 0 atom stereocenters. The molecule has 0 fully saturated rings. The Morgan fingerprint density at radius 3 is 2.38 bits per heavy atom. The van der Waals surface area contributed by atoms with Crippen LogP contribution in [0.2, 0.25) is 0 Å². The lowest BCUT2D eigenvalue weighted by molar-refractivity contribution is 0.123. The predicted molar refractivity (Wildman–Crippen MR) is 64.6 cm³/mol. The highest BCUT2D eigenvalue weighted by Gasteiger charge is 2.14. The largest absolute Gasteiger partial charge is 0.472 e. The molecule has 0 saturated heterocycles. The third kappa shape index (κ3) is 3.81. The van der Waals surface area contributed by atoms with Crippen LogP contribution >= 0.6 is 0 Å². The van der Waals surface area contributed by atoms with Crippen molar-refractivity contribution in [2.75, 3.05) is 0 Å². The molecule has 0 unspecified atom stereocenters. The Bertz CT molecular complexity index is 353. The number of hydrogen-bond donors (Lipinski definition) is 1. The van der Waals surface area contributed by atoms with Gasteiger partial charge in [0.1, 0.15) is 5.60 Å². The van der Waals surface area contributed by atoms with E-state index in [4.69, 9.17) is 4.74 Å². The third-order valence-electron chi connectivity index (χ3n) is 2.07. The van der Waals surface area contributed by atoms with Crippen LogP contribution in [0.4, 0.5) is 0 Å².